The maximum absolute atomic E-state index is 9.59. The summed E-state index contributed by atoms with van der Waals surface area (Å²) < 4.78 is 8.65. The second-order valence-corrected chi connectivity index (χ2v) is 3.62. The van der Waals surface area contributed by atoms with Crippen LogP contribution in [0, 0.1) is 0 Å². The number of carbonyl (C=O) groups is 2. The van der Waals surface area contributed by atoms with E-state index in [1.807, 2.05) is 13.7 Å². The third-order valence-electron chi connectivity index (χ3n) is 2.23. The molecule has 116 valence electrons. The summed E-state index contributed by atoms with van der Waals surface area (Å²) in [5.74, 6) is -0.245. The number of benzene rings is 2. The number of hydrogen-bond donors (Lipinski definition) is 0. The van der Waals surface area contributed by atoms with Gasteiger partial charge in [0.2, 0.25) is 0 Å². The highest BCUT2D eigenvalue weighted by Gasteiger charge is 1.85. The lowest BCUT2D eigenvalue weighted by molar-refractivity contribution is -0.137. The molecule has 2 aromatic carbocycles. The van der Waals surface area contributed by atoms with E-state index in [1.54, 1.807) is 7.11 Å². The lowest BCUT2D eigenvalue weighted by Crippen LogP contribution is -1.88. The molecule has 4 nitrogen and oxygen atoms in total. The van der Waals surface area contributed by atoms with E-state index in [-0.39, 0.29) is 5.97 Å². The zero-order valence-electron chi connectivity index (χ0n) is 13.2. The lowest BCUT2D eigenvalue weighted by Gasteiger charge is -1.92. The molecule has 0 atom stereocenters. The van der Waals surface area contributed by atoms with Crippen LogP contribution < -0.4 is 0 Å². The summed E-state index contributed by atoms with van der Waals surface area (Å²) in [5, 5.41) is 2.62. The van der Waals surface area contributed by atoms with Gasteiger partial charge in [0.15, 0.2) is 0 Å². The van der Waals surface area contributed by atoms with Gasteiger partial charge in [-0.15, -0.1) is 0 Å². The van der Waals surface area contributed by atoms with E-state index in [9.17, 15) is 4.79 Å². The molecule has 0 aliphatic rings. The fourth-order valence-corrected chi connectivity index (χ4v) is 1.13. The van der Waals surface area contributed by atoms with E-state index >= 15 is 0 Å². The van der Waals surface area contributed by atoms with Gasteiger partial charge in [-0.2, -0.15) is 0 Å². The summed E-state index contributed by atoms with van der Waals surface area (Å²) in [6.45, 7) is 6.14. The van der Waals surface area contributed by atoms with Gasteiger partial charge in [-0.3, -0.25) is 4.79 Å². The third kappa shape index (κ3) is 12.6. The Balaban J connectivity index is 0. The van der Waals surface area contributed by atoms with Gasteiger partial charge < -0.3 is 14.3 Å². The Hall–Kier alpha value is -2.20. The molecule has 0 bridgehead atoms. The molecule has 0 N–H and O–H groups in total. The van der Waals surface area contributed by atoms with Crippen LogP contribution in [0.25, 0.3) is 10.8 Å². The molecule has 0 spiro atoms. The molecule has 0 aliphatic heterocycles. The summed E-state index contributed by atoms with van der Waals surface area (Å²) in [7, 11) is 3.03. The van der Waals surface area contributed by atoms with E-state index < -0.39 is 0 Å². The van der Waals surface area contributed by atoms with Crippen LogP contribution in [0.2, 0.25) is 0 Å². The zero-order chi connectivity index (χ0) is 16.5. The number of rotatable bonds is 1. The predicted octanol–water partition coefficient (Wildman–Crippen LogP) is 3.49. The molecule has 0 amide bonds. The maximum atomic E-state index is 9.59. The number of hydrogen-bond acceptors (Lipinski definition) is 4. The van der Waals surface area contributed by atoms with E-state index in [0.717, 1.165) is 6.61 Å². The van der Waals surface area contributed by atoms with Crippen LogP contribution >= 0.6 is 0 Å². The molecule has 0 fully saturated rings. The Morgan fingerprint density at radius 2 is 1.19 bits per heavy atom. The van der Waals surface area contributed by atoms with Crippen LogP contribution in [0.1, 0.15) is 13.8 Å². The van der Waals surface area contributed by atoms with Gasteiger partial charge in [-0.25, -0.2) is 0 Å². The summed E-state index contributed by atoms with van der Waals surface area (Å²) in [6, 6.07) is 16.7. The van der Waals surface area contributed by atoms with Crippen molar-refractivity contribution in [2.45, 2.75) is 13.8 Å². The van der Waals surface area contributed by atoms with Gasteiger partial charge in [0.05, 0.1) is 7.11 Å². The first-order valence-electron chi connectivity index (χ1n) is 6.41. The molecule has 0 aromatic heterocycles. The molecule has 0 aliphatic carbocycles. The smallest absolute Gasteiger partial charge is 0.302 e. The number of methoxy groups -OCH3 is 2. The zero-order valence-corrected chi connectivity index (χ0v) is 13.2. The van der Waals surface area contributed by atoms with Crippen LogP contribution in [-0.4, -0.2) is 33.6 Å². The van der Waals surface area contributed by atoms with Crippen molar-refractivity contribution in [1.82, 2.24) is 0 Å². The first kappa shape index (κ1) is 21.1. The minimum atomic E-state index is -0.245. The van der Waals surface area contributed by atoms with Crippen molar-refractivity contribution >= 4 is 23.5 Å². The van der Waals surface area contributed by atoms with Crippen molar-refractivity contribution < 1.29 is 19.1 Å². The SMILES string of the molecule is C=O.CCOC.COC(C)=O.c1ccc2ccccc2c1. The van der Waals surface area contributed by atoms with Gasteiger partial charge in [0.25, 0.3) is 0 Å². The van der Waals surface area contributed by atoms with Crippen molar-refractivity contribution in [3.05, 3.63) is 48.5 Å². The lowest BCUT2D eigenvalue weighted by atomic mass is 10.1. The molecule has 0 radical (unpaired) electrons. The van der Waals surface area contributed by atoms with Crippen molar-refractivity contribution in [3.8, 4) is 0 Å². The fourth-order valence-electron chi connectivity index (χ4n) is 1.13. The van der Waals surface area contributed by atoms with Crippen LogP contribution in [0.15, 0.2) is 48.5 Å². The monoisotopic (exact) mass is 292 g/mol. The number of ether oxygens (including phenoxy) is 2. The minimum absolute atomic E-state index is 0.245. The molecule has 2 aromatic rings. The molecule has 21 heavy (non-hydrogen) atoms. The van der Waals surface area contributed by atoms with Crippen molar-refractivity contribution in [1.29, 1.82) is 0 Å². The van der Waals surface area contributed by atoms with E-state index in [1.165, 1.54) is 24.8 Å². The van der Waals surface area contributed by atoms with Crippen LogP contribution in [0.5, 0.6) is 0 Å². The van der Waals surface area contributed by atoms with Crippen LogP contribution in [0.3, 0.4) is 0 Å². The van der Waals surface area contributed by atoms with Gasteiger partial charge in [-0.1, -0.05) is 48.5 Å². The summed E-state index contributed by atoms with van der Waals surface area (Å²) in [4.78, 5) is 17.6. The van der Waals surface area contributed by atoms with Crippen molar-refractivity contribution in [2.75, 3.05) is 20.8 Å². The first-order chi connectivity index (χ1) is 10.2. The van der Waals surface area contributed by atoms with Gasteiger partial charge in [-0.05, 0) is 17.7 Å². The highest BCUT2D eigenvalue weighted by atomic mass is 16.5. The average molecular weight is 292 g/mol. The first-order valence-corrected chi connectivity index (χ1v) is 6.41. The Morgan fingerprint density at radius 3 is 1.33 bits per heavy atom. The highest BCUT2D eigenvalue weighted by molar-refractivity contribution is 5.81. The van der Waals surface area contributed by atoms with E-state index in [2.05, 4.69) is 58.0 Å². The van der Waals surface area contributed by atoms with Crippen molar-refractivity contribution in [3.63, 3.8) is 0 Å². The normalized spacial score (nSPS) is 8.00. The molecular weight excluding hydrogens is 268 g/mol. The van der Waals surface area contributed by atoms with Gasteiger partial charge >= 0.3 is 5.97 Å². The quantitative estimate of drug-likeness (QED) is 0.755. The summed E-state index contributed by atoms with van der Waals surface area (Å²) >= 11 is 0. The van der Waals surface area contributed by atoms with Crippen LogP contribution in [0.4, 0.5) is 0 Å². The molecule has 0 unspecified atom stereocenters. The summed E-state index contributed by atoms with van der Waals surface area (Å²) in [5.41, 5.74) is 0. The fraction of sp³-hybridized carbons (Fsp3) is 0.294. The second kappa shape index (κ2) is 15.9. The van der Waals surface area contributed by atoms with Gasteiger partial charge in [0, 0.05) is 20.6 Å². The Labute approximate surface area is 126 Å². The maximum Gasteiger partial charge on any atom is 0.302 e. The Bertz CT molecular complexity index is 415. The molecular formula is C17H24O4. The molecule has 0 saturated heterocycles. The second-order valence-electron chi connectivity index (χ2n) is 3.62. The number of esters is 1. The molecule has 0 heterocycles. The molecule has 2 rings (SSSR count). The average Bonchev–Trinajstić information content (AvgIpc) is 2.57. The standard InChI is InChI=1S/C10H8.C3H6O2.C3H8O.CH2O/c1-2-6-10-8-4-3-7-9(10)5-1;1-3(4)5-2;1-3-4-2;1-2/h1-8H;1-2H3;3H2,1-2H3;1H2. The summed E-state index contributed by atoms with van der Waals surface area (Å²) in [6.07, 6.45) is 0. The Morgan fingerprint density at radius 1 is 0.952 bits per heavy atom. The van der Waals surface area contributed by atoms with Crippen molar-refractivity contribution in [2.24, 2.45) is 0 Å². The van der Waals surface area contributed by atoms with Gasteiger partial charge in [0.1, 0.15) is 6.79 Å². The Kier molecular flexibility index (Phi) is 15.9. The molecule has 4 heteroatoms. The topological polar surface area (TPSA) is 52.6 Å². The minimum Gasteiger partial charge on any atom is -0.469 e. The molecule has 0 saturated carbocycles. The number of fused-ring (bicyclic) bond motifs is 1. The van der Waals surface area contributed by atoms with E-state index in [4.69, 9.17) is 4.79 Å². The number of carbonyl (C=O) groups excluding carboxylic acids is 2. The third-order valence-corrected chi connectivity index (χ3v) is 2.23. The highest BCUT2D eigenvalue weighted by Crippen LogP contribution is 2.11. The predicted molar refractivity (Wildman–Crippen MR) is 86.3 cm³/mol. The largest absolute Gasteiger partial charge is 0.469 e. The van der Waals surface area contributed by atoms with Crippen LogP contribution in [-0.2, 0) is 19.1 Å². The van der Waals surface area contributed by atoms with E-state index in [0.29, 0.717) is 0 Å².